The van der Waals surface area contributed by atoms with E-state index in [-0.39, 0.29) is 25.3 Å². The van der Waals surface area contributed by atoms with Gasteiger partial charge < -0.3 is 20.5 Å². The molecular weight excluding hydrogens is 323 g/mol. The van der Waals surface area contributed by atoms with E-state index in [1.165, 1.54) is 0 Å². The van der Waals surface area contributed by atoms with Crippen LogP contribution >= 0.6 is 8.25 Å². The van der Waals surface area contributed by atoms with Crippen molar-refractivity contribution in [2.45, 2.75) is 24.9 Å². The Morgan fingerprint density at radius 3 is 1.50 bits per heavy atom. The molecule has 0 aromatic heterocycles. The highest BCUT2D eigenvalue weighted by Crippen LogP contribution is 2.24. The van der Waals surface area contributed by atoms with Crippen LogP contribution in [0.4, 0.5) is 0 Å². The lowest BCUT2D eigenvalue weighted by atomic mass is 10.1. The van der Waals surface area contributed by atoms with E-state index in [0.29, 0.717) is 12.8 Å². The fraction of sp³-hybridized carbons (Fsp3) is 0.333. The Morgan fingerprint density at radius 2 is 1.12 bits per heavy atom. The molecule has 0 bridgehead atoms. The summed E-state index contributed by atoms with van der Waals surface area (Å²) in [7, 11) is -2.57. The Balaban J connectivity index is 1.62. The van der Waals surface area contributed by atoms with Gasteiger partial charge in [0, 0.05) is 12.1 Å². The van der Waals surface area contributed by atoms with E-state index in [0.717, 1.165) is 11.1 Å². The summed E-state index contributed by atoms with van der Waals surface area (Å²) in [4.78, 5) is 0. The van der Waals surface area contributed by atoms with Crippen molar-refractivity contribution in [3.05, 3.63) is 71.8 Å². The normalized spacial score (nSPS) is 14.9. The molecule has 5 nitrogen and oxygen atoms in total. The third kappa shape index (κ3) is 7.39. The van der Waals surface area contributed by atoms with E-state index >= 15 is 0 Å². The molecule has 0 aliphatic rings. The largest absolute Gasteiger partial charge is 0.325 e. The van der Waals surface area contributed by atoms with Gasteiger partial charge in [-0.1, -0.05) is 60.7 Å². The van der Waals surface area contributed by atoms with Gasteiger partial charge in [0.15, 0.2) is 0 Å². The summed E-state index contributed by atoms with van der Waals surface area (Å²) in [5.74, 6) is 0. The van der Waals surface area contributed by atoms with E-state index in [1.54, 1.807) is 0 Å². The summed E-state index contributed by atoms with van der Waals surface area (Å²) >= 11 is 0. The van der Waals surface area contributed by atoms with Crippen LogP contribution in [0.5, 0.6) is 0 Å². The van der Waals surface area contributed by atoms with Gasteiger partial charge in [0.05, 0.1) is 13.2 Å². The molecule has 0 saturated heterocycles. The van der Waals surface area contributed by atoms with Crippen LogP contribution in [0.3, 0.4) is 0 Å². The maximum absolute atomic E-state index is 11.8. The van der Waals surface area contributed by atoms with Crippen molar-refractivity contribution >= 4 is 8.25 Å². The van der Waals surface area contributed by atoms with Crippen LogP contribution in [0.15, 0.2) is 60.7 Å². The standard InChI is InChI=1S/C18H25N2O3P/c19-17(11-15-7-3-1-4-8-15)13-22-24(21)23-14-18(20)12-16-9-5-2-6-10-16/h1-10,17-18,24H,11-14,19-20H2. The molecule has 130 valence electrons. The lowest BCUT2D eigenvalue weighted by molar-refractivity contribution is 0.205. The first-order chi connectivity index (χ1) is 11.6. The van der Waals surface area contributed by atoms with Gasteiger partial charge in [-0.3, -0.25) is 4.57 Å². The second-order valence-corrected chi connectivity index (χ2v) is 6.85. The molecule has 0 aliphatic heterocycles. The predicted molar refractivity (Wildman–Crippen MR) is 97.1 cm³/mol. The molecule has 6 heteroatoms. The van der Waals surface area contributed by atoms with E-state index < -0.39 is 8.25 Å². The Hall–Kier alpha value is -1.49. The molecule has 0 spiro atoms. The van der Waals surface area contributed by atoms with Gasteiger partial charge in [-0.25, -0.2) is 0 Å². The quantitative estimate of drug-likeness (QED) is 0.644. The number of hydrogen-bond acceptors (Lipinski definition) is 5. The highest BCUT2D eigenvalue weighted by atomic mass is 31.1. The SMILES string of the molecule is NC(CO[PH](=O)OCC(N)Cc1ccccc1)Cc1ccccc1. The van der Waals surface area contributed by atoms with E-state index in [2.05, 4.69) is 0 Å². The minimum atomic E-state index is -2.57. The van der Waals surface area contributed by atoms with Crippen LogP contribution in [0.2, 0.25) is 0 Å². The molecule has 0 heterocycles. The minimum absolute atomic E-state index is 0.195. The smallest absolute Gasteiger partial charge is 0.319 e. The fourth-order valence-electron chi connectivity index (χ4n) is 2.34. The van der Waals surface area contributed by atoms with E-state index in [4.69, 9.17) is 20.5 Å². The summed E-state index contributed by atoms with van der Waals surface area (Å²) < 4.78 is 22.2. The van der Waals surface area contributed by atoms with Crippen molar-refractivity contribution in [2.75, 3.05) is 13.2 Å². The first-order valence-electron chi connectivity index (χ1n) is 8.02. The molecule has 24 heavy (non-hydrogen) atoms. The third-order valence-electron chi connectivity index (χ3n) is 3.51. The average Bonchev–Trinajstić information content (AvgIpc) is 2.60. The fourth-order valence-corrected chi connectivity index (χ4v) is 3.13. The number of nitrogens with two attached hydrogens (primary N) is 2. The zero-order valence-corrected chi connectivity index (χ0v) is 14.6. The van der Waals surface area contributed by atoms with Crippen molar-refractivity contribution in [3.8, 4) is 0 Å². The van der Waals surface area contributed by atoms with Gasteiger partial charge in [-0.2, -0.15) is 0 Å². The Bertz CT molecular complexity index is 557. The molecule has 2 aromatic carbocycles. The molecule has 4 N–H and O–H groups in total. The summed E-state index contributed by atoms with van der Waals surface area (Å²) in [6.45, 7) is 0.390. The highest BCUT2D eigenvalue weighted by Gasteiger charge is 2.10. The lowest BCUT2D eigenvalue weighted by Crippen LogP contribution is -2.29. The zero-order chi connectivity index (χ0) is 17.2. The minimum Gasteiger partial charge on any atom is -0.325 e. The van der Waals surface area contributed by atoms with Crippen LogP contribution in [0.25, 0.3) is 0 Å². The van der Waals surface area contributed by atoms with E-state index in [9.17, 15) is 4.57 Å². The molecule has 0 amide bonds. The topological polar surface area (TPSA) is 87.6 Å². The summed E-state index contributed by atoms with van der Waals surface area (Å²) in [5, 5.41) is 0. The van der Waals surface area contributed by atoms with Crippen LogP contribution in [0, 0.1) is 0 Å². The lowest BCUT2D eigenvalue weighted by Gasteiger charge is -2.14. The van der Waals surface area contributed by atoms with Gasteiger partial charge in [-0.05, 0) is 24.0 Å². The van der Waals surface area contributed by atoms with Crippen molar-refractivity contribution in [3.63, 3.8) is 0 Å². The molecule has 2 unspecified atom stereocenters. The second kappa shape index (κ2) is 10.4. The highest BCUT2D eigenvalue weighted by molar-refractivity contribution is 7.33. The first kappa shape index (κ1) is 18.8. The van der Waals surface area contributed by atoms with E-state index in [1.807, 2.05) is 60.7 Å². The van der Waals surface area contributed by atoms with Gasteiger partial charge in [0.2, 0.25) is 0 Å². The Kier molecular flexibility index (Phi) is 8.16. The maximum atomic E-state index is 11.8. The molecule has 0 radical (unpaired) electrons. The molecule has 2 atom stereocenters. The monoisotopic (exact) mass is 348 g/mol. The summed E-state index contributed by atoms with van der Waals surface area (Å²) in [5.41, 5.74) is 14.2. The predicted octanol–water partition coefficient (Wildman–Crippen LogP) is 2.55. The van der Waals surface area contributed by atoms with Crippen LogP contribution in [-0.2, 0) is 26.5 Å². The molecular formula is C18H25N2O3P. The van der Waals surface area contributed by atoms with Crippen molar-refractivity contribution in [2.24, 2.45) is 11.5 Å². The molecule has 2 rings (SSSR count). The number of rotatable bonds is 10. The van der Waals surface area contributed by atoms with Crippen molar-refractivity contribution < 1.29 is 13.6 Å². The first-order valence-corrected chi connectivity index (χ1v) is 9.24. The van der Waals surface area contributed by atoms with Gasteiger partial charge in [0.1, 0.15) is 0 Å². The molecule has 2 aromatic rings. The zero-order valence-electron chi connectivity index (χ0n) is 13.6. The molecule has 0 fully saturated rings. The molecule has 0 saturated carbocycles. The van der Waals surface area contributed by atoms with Crippen molar-refractivity contribution in [1.82, 2.24) is 0 Å². The summed E-state index contributed by atoms with van der Waals surface area (Å²) in [6, 6.07) is 19.3. The van der Waals surface area contributed by atoms with Gasteiger partial charge in [0.25, 0.3) is 0 Å². The number of hydrogen-bond donors (Lipinski definition) is 2. The van der Waals surface area contributed by atoms with Crippen LogP contribution in [-0.4, -0.2) is 25.3 Å². The van der Waals surface area contributed by atoms with Crippen LogP contribution in [0.1, 0.15) is 11.1 Å². The van der Waals surface area contributed by atoms with Crippen molar-refractivity contribution in [1.29, 1.82) is 0 Å². The Morgan fingerprint density at radius 1 is 0.750 bits per heavy atom. The van der Waals surface area contributed by atoms with Gasteiger partial charge >= 0.3 is 8.25 Å². The molecule has 0 aliphatic carbocycles. The second-order valence-electron chi connectivity index (χ2n) is 5.77. The Labute approximate surface area is 143 Å². The number of benzene rings is 2. The van der Waals surface area contributed by atoms with Crippen LogP contribution < -0.4 is 11.5 Å². The third-order valence-corrected chi connectivity index (χ3v) is 4.32. The van der Waals surface area contributed by atoms with Gasteiger partial charge in [-0.15, -0.1) is 0 Å². The maximum Gasteiger partial charge on any atom is 0.319 e. The summed E-state index contributed by atoms with van der Waals surface area (Å²) in [6.07, 6.45) is 1.34. The average molecular weight is 348 g/mol.